The minimum absolute atomic E-state index is 0.255. The normalized spacial score (nSPS) is 14.1. The lowest BCUT2D eigenvalue weighted by molar-refractivity contribution is 0.200. The van der Waals surface area contributed by atoms with Gasteiger partial charge in [0.2, 0.25) is 0 Å². The fraction of sp³-hybridized carbons (Fsp3) is 0.375. The van der Waals surface area contributed by atoms with Crippen LogP contribution in [-0.2, 0) is 6.42 Å². The molecule has 102 valence electrons. The van der Waals surface area contributed by atoms with Crippen LogP contribution in [-0.4, -0.2) is 5.11 Å². The zero-order chi connectivity index (χ0) is 13.8. The SMILES string of the molecule is CCc1ccc(C(C)Nc2ccccc2C(C)O)s1. The number of hydrogen-bond donors (Lipinski definition) is 2. The van der Waals surface area contributed by atoms with E-state index in [0.717, 1.165) is 17.7 Å². The van der Waals surface area contributed by atoms with E-state index in [-0.39, 0.29) is 6.04 Å². The average molecular weight is 275 g/mol. The molecule has 2 unspecified atom stereocenters. The van der Waals surface area contributed by atoms with Gasteiger partial charge in [-0.05, 0) is 38.5 Å². The number of thiophene rings is 1. The van der Waals surface area contributed by atoms with E-state index in [1.165, 1.54) is 9.75 Å². The lowest BCUT2D eigenvalue weighted by atomic mass is 10.1. The van der Waals surface area contributed by atoms with Crippen molar-refractivity contribution in [2.75, 3.05) is 5.32 Å². The molecule has 19 heavy (non-hydrogen) atoms. The van der Waals surface area contributed by atoms with Gasteiger partial charge >= 0.3 is 0 Å². The van der Waals surface area contributed by atoms with Gasteiger partial charge in [0.15, 0.2) is 0 Å². The van der Waals surface area contributed by atoms with Crippen molar-refractivity contribution in [3.63, 3.8) is 0 Å². The van der Waals surface area contributed by atoms with Gasteiger partial charge in [0, 0.05) is 21.0 Å². The standard InChI is InChI=1S/C16H21NOS/c1-4-13-9-10-16(19-13)11(2)17-15-8-6-5-7-14(15)12(3)18/h5-12,17-18H,4H2,1-3H3. The topological polar surface area (TPSA) is 32.3 Å². The van der Waals surface area contributed by atoms with E-state index < -0.39 is 6.10 Å². The Morgan fingerprint density at radius 2 is 1.89 bits per heavy atom. The summed E-state index contributed by atoms with van der Waals surface area (Å²) in [5.74, 6) is 0. The number of benzene rings is 1. The first-order chi connectivity index (χ1) is 9.11. The molecule has 2 atom stereocenters. The van der Waals surface area contributed by atoms with Crippen molar-refractivity contribution in [2.24, 2.45) is 0 Å². The summed E-state index contributed by atoms with van der Waals surface area (Å²) in [7, 11) is 0. The monoisotopic (exact) mass is 275 g/mol. The van der Waals surface area contributed by atoms with Crippen LogP contribution in [0, 0.1) is 0 Å². The van der Waals surface area contributed by atoms with Crippen LogP contribution >= 0.6 is 11.3 Å². The van der Waals surface area contributed by atoms with Crippen molar-refractivity contribution in [1.82, 2.24) is 0 Å². The third-order valence-corrected chi connectivity index (χ3v) is 4.65. The van der Waals surface area contributed by atoms with Crippen molar-refractivity contribution in [1.29, 1.82) is 0 Å². The number of hydrogen-bond acceptors (Lipinski definition) is 3. The molecule has 1 aromatic heterocycles. The fourth-order valence-electron chi connectivity index (χ4n) is 2.11. The Morgan fingerprint density at radius 3 is 2.53 bits per heavy atom. The molecule has 1 heterocycles. The van der Waals surface area contributed by atoms with Crippen LogP contribution in [0.4, 0.5) is 5.69 Å². The first-order valence-electron chi connectivity index (χ1n) is 6.74. The lowest BCUT2D eigenvalue weighted by Crippen LogP contribution is -2.08. The first-order valence-corrected chi connectivity index (χ1v) is 7.55. The largest absolute Gasteiger partial charge is 0.389 e. The highest BCUT2D eigenvalue weighted by atomic mass is 32.1. The maximum atomic E-state index is 9.79. The summed E-state index contributed by atoms with van der Waals surface area (Å²) in [6.45, 7) is 6.13. The molecular formula is C16H21NOS. The van der Waals surface area contributed by atoms with E-state index >= 15 is 0 Å². The third-order valence-electron chi connectivity index (χ3n) is 3.24. The van der Waals surface area contributed by atoms with E-state index in [1.807, 2.05) is 35.6 Å². The van der Waals surface area contributed by atoms with Gasteiger partial charge in [0.25, 0.3) is 0 Å². The second-order valence-electron chi connectivity index (χ2n) is 4.79. The summed E-state index contributed by atoms with van der Waals surface area (Å²) in [6, 6.07) is 12.6. The number of aliphatic hydroxyl groups excluding tert-OH is 1. The van der Waals surface area contributed by atoms with Gasteiger partial charge in [-0.15, -0.1) is 11.3 Å². The van der Waals surface area contributed by atoms with Crippen molar-refractivity contribution in [2.45, 2.75) is 39.3 Å². The fourth-order valence-corrected chi connectivity index (χ4v) is 3.07. The molecule has 3 heteroatoms. The van der Waals surface area contributed by atoms with E-state index in [2.05, 4.69) is 31.3 Å². The Balaban J connectivity index is 2.16. The molecule has 2 nitrogen and oxygen atoms in total. The van der Waals surface area contributed by atoms with Gasteiger partial charge in [0.05, 0.1) is 12.1 Å². The second kappa shape index (κ2) is 6.22. The molecule has 2 aromatic rings. The summed E-state index contributed by atoms with van der Waals surface area (Å²) in [5, 5.41) is 13.3. The number of aliphatic hydroxyl groups is 1. The predicted octanol–water partition coefficient (Wildman–Crippen LogP) is 4.54. The number of nitrogens with one attached hydrogen (secondary N) is 1. The molecule has 0 radical (unpaired) electrons. The number of aryl methyl sites for hydroxylation is 1. The zero-order valence-corrected chi connectivity index (χ0v) is 12.5. The van der Waals surface area contributed by atoms with Crippen molar-refractivity contribution in [3.8, 4) is 0 Å². The maximum Gasteiger partial charge on any atom is 0.0781 e. The summed E-state index contributed by atoms with van der Waals surface area (Å²) in [6.07, 6.45) is 0.632. The van der Waals surface area contributed by atoms with E-state index in [0.29, 0.717) is 0 Å². The van der Waals surface area contributed by atoms with Gasteiger partial charge < -0.3 is 10.4 Å². The van der Waals surface area contributed by atoms with E-state index in [9.17, 15) is 5.11 Å². The van der Waals surface area contributed by atoms with Gasteiger partial charge in [-0.3, -0.25) is 0 Å². The molecule has 0 saturated carbocycles. The number of anilines is 1. The number of rotatable bonds is 5. The average Bonchev–Trinajstić information content (AvgIpc) is 2.88. The van der Waals surface area contributed by atoms with Crippen molar-refractivity contribution >= 4 is 17.0 Å². The van der Waals surface area contributed by atoms with Crippen LogP contribution in [0.1, 0.15) is 48.2 Å². The van der Waals surface area contributed by atoms with Gasteiger partial charge in [-0.1, -0.05) is 25.1 Å². The van der Waals surface area contributed by atoms with Crippen molar-refractivity contribution < 1.29 is 5.11 Å². The second-order valence-corrected chi connectivity index (χ2v) is 5.99. The molecular weight excluding hydrogens is 254 g/mol. The van der Waals surface area contributed by atoms with Gasteiger partial charge in [0.1, 0.15) is 0 Å². The molecule has 0 aliphatic rings. The number of para-hydroxylation sites is 1. The lowest BCUT2D eigenvalue weighted by Gasteiger charge is -2.18. The van der Waals surface area contributed by atoms with Crippen molar-refractivity contribution in [3.05, 3.63) is 51.7 Å². The van der Waals surface area contributed by atoms with Crippen LogP contribution in [0.3, 0.4) is 0 Å². The van der Waals surface area contributed by atoms with Gasteiger partial charge in [-0.25, -0.2) is 0 Å². The Kier molecular flexibility index (Phi) is 4.61. The zero-order valence-electron chi connectivity index (χ0n) is 11.7. The minimum atomic E-state index is -0.453. The van der Waals surface area contributed by atoms with Crippen LogP contribution < -0.4 is 5.32 Å². The molecule has 2 N–H and O–H groups in total. The van der Waals surface area contributed by atoms with Crippen LogP contribution in [0.15, 0.2) is 36.4 Å². The molecule has 0 fully saturated rings. The third kappa shape index (κ3) is 3.37. The molecule has 0 aliphatic carbocycles. The summed E-state index contributed by atoms with van der Waals surface area (Å²) in [5.41, 5.74) is 1.96. The predicted molar refractivity (Wildman–Crippen MR) is 82.8 cm³/mol. The molecule has 2 rings (SSSR count). The highest BCUT2D eigenvalue weighted by Gasteiger charge is 2.12. The Morgan fingerprint density at radius 1 is 1.16 bits per heavy atom. The van der Waals surface area contributed by atoms with E-state index in [4.69, 9.17) is 0 Å². The van der Waals surface area contributed by atoms with Crippen LogP contribution in [0.5, 0.6) is 0 Å². The summed E-state index contributed by atoms with van der Waals surface area (Å²) >= 11 is 1.85. The molecule has 1 aromatic carbocycles. The molecule has 0 aliphatic heterocycles. The highest BCUT2D eigenvalue weighted by molar-refractivity contribution is 7.12. The minimum Gasteiger partial charge on any atom is -0.389 e. The van der Waals surface area contributed by atoms with Gasteiger partial charge in [-0.2, -0.15) is 0 Å². The Labute approximate surface area is 119 Å². The summed E-state index contributed by atoms with van der Waals surface area (Å²) < 4.78 is 0. The van der Waals surface area contributed by atoms with Crippen LogP contribution in [0.2, 0.25) is 0 Å². The smallest absolute Gasteiger partial charge is 0.0781 e. The molecule has 0 spiro atoms. The first kappa shape index (κ1) is 14.1. The van der Waals surface area contributed by atoms with Crippen LogP contribution in [0.25, 0.3) is 0 Å². The highest BCUT2D eigenvalue weighted by Crippen LogP contribution is 2.29. The maximum absolute atomic E-state index is 9.79. The Hall–Kier alpha value is -1.32. The molecule has 0 amide bonds. The van der Waals surface area contributed by atoms with E-state index in [1.54, 1.807) is 6.92 Å². The summed E-state index contributed by atoms with van der Waals surface area (Å²) in [4.78, 5) is 2.74. The molecule has 0 saturated heterocycles. The molecule has 0 bridgehead atoms. The quantitative estimate of drug-likeness (QED) is 0.840. The Bertz CT molecular complexity index is 533.